The van der Waals surface area contributed by atoms with Gasteiger partial charge in [0, 0.05) is 13.7 Å². The van der Waals surface area contributed by atoms with E-state index in [9.17, 15) is 9.59 Å². The fourth-order valence-corrected chi connectivity index (χ4v) is 2.48. The van der Waals surface area contributed by atoms with E-state index in [1.165, 1.54) is 4.90 Å². The molecule has 0 unspecified atom stereocenters. The minimum atomic E-state index is -1.02. The van der Waals surface area contributed by atoms with E-state index in [1.807, 2.05) is 0 Å². The maximum atomic E-state index is 12.6. The van der Waals surface area contributed by atoms with Crippen molar-refractivity contribution in [3.63, 3.8) is 0 Å². The Labute approximate surface area is 113 Å². The number of rotatable bonds is 7. The van der Waals surface area contributed by atoms with Crippen molar-refractivity contribution in [1.82, 2.24) is 10.2 Å². The van der Waals surface area contributed by atoms with Gasteiger partial charge in [-0.25, -0.2) is 0 Å². The van der Waals surface area contributed by atoms with Crippen LogP contribution in [0.4, 0.5) is 0 Å². The lowest BCUT2D eigenvalue weighted by Gasteiger charge is -2.38. The first-order valence-corrected chi connectivity index (χ1v) is 6.37. The predicted octanol–water partition coefficient (Wildman–Crippen LogP) is 0.102. The number of carboxylic acid groups (broad SMARTS) is 1. The van der Waals surface area contributed by atoms with Crippen molar-refractivity contribution in [1.29, 1.82) is 0 Å². The predicted molar refractivity (Wildman–Crippen MR) is 70.8 cm³/mol. The normalized spacial score (nSPS) is 17.7. The van der Waals surface area contributed by atoms with Crippen LogP contribution in [0.5, 0.6) is 0 Å². The molecule has 6 nitrogen and oxygen atoms in total. The molecule has 6 heteroatoms. The molecule has 2 N–H and O–H groups in total. The summed E-state index contributed by atoms with van der Waals surface area (Å²) < 4.78 is 5.19. The van der Waals surface area contributed by atoms with E-state index in [2.05, 4.69) is 11.9 Å². The largest absolute Gasteiger partial charge is 0.480 e. The van der Waals surface area contributed by atoms with Crippen LogP contribution in [0.15, 0.2) is 12.7 Å². The van der Waals surface area contributed by atoms with Crippen LogP contribution in [0.1, 0.15) is 12.8 Å². The van der Waals surface area contributed by atoms with Gasteiger partial charge in [-0.2, -0.15) is 0 Å². The highest BCUT2D eigenvalue weighted by molar-refractivity contribution is 5.86. The molecule has 0 spiro atoms. The smallest absolute Gasteiger partial charge is 0.323 e. The van der Waals surface area contributed by atoms with Gasteiger partial charge in [0.25, 0.3) is 0 Å². The molecule has 1 amide bonds. The number of carbonyl (C=O) groups is 2. The molecule has 1 fully saturated rings. The third-order valence-electron chi connectivity index (χ3n) is 3.40. The monoisotopic (exact) mass is 270 g/mol. The third kappa shape index (κ3) is 4.04. The fraction of sp³-hybridized carbons (Fsp3) is 0.692. The fourth-order valence-electron chi connectivity index (χ4n) is 2.48. The van der Waals surface area contributed by atoms with Crippen LogP contribution in [0.3, 0.4) is 0 Å². The second kappa shape index (κ2) is 7.25. The highest BCUT2D eigenvalue weighted by Gasteiger charge is 2.42. The van der Waals surface area contributed by atoms with Crippen molar-refractivity contribution in [3.05, 3.63) is 12.7 Å². The van der Waals surface area contributed by atoms with Crippen LogP contribution < -0.4 is 5.32 Å². The molecule has 0 aromatic carbocycles. The number of aliphatic carboxylic acids is 1. The number of hydrogen-bond acceptors (Lipinski definition) is 4. The molecule has 19 heavy (non-hydrogen) atoms. The molecular weight excluding hydrogens is 248 g/mol. The Morgan fingerprint density at radius 1 is 1.47 bits per heavy atom. The minimum absolute atomic E-state index is 0.154. The number of amides is 1. The summed E-state index contributed by atoms with van der Waals surface area (Å²) in [5, 5.41) is 12.1. The van der Waals surface area contributed by atoms with Crippen LogP contribution in [0.25, 0.3) is 0 Å². The highest BCUT2D eigenvalue weighted by atomic mass is 16.5. The summed E-state index contributed by atoms with van der Waals surface area (Å²) in [4.78, 5) is 24.8. The van der Waals surface area contributed by atoms with Gasteiger partial charge in [0.05, 0.1) is 12.0 Å². The molecule has 1 aliphatic rings. The van der Waals surface area contributed by atoms with Crippen LogP contribution >= 0.6 is 0 Å². The summed E-state index contributed by atoms with van der Waals surface area (Å²) in [6.45, 7) is 5.31. The Kier molecular flexibility index (Phi) is 5.98. The highest BCUT2D eigenvalue weighted by Crippen LogP contribution is 2.31. The van der Waals surface area contributed by atoms with E-state index in [0.717, 1.165) is 13.1 Å². The molecule has 0 saturated carbocycles. The van der Waals surface area contributed by atoms with Gasteiger partial charge in [-0.1, -0.05) is 6.08 Å². The van der Waals surface area contributed by atoms with Crippen molar-refractivity contribution >= 4 is 11.9 Å². The average Bonchev–Trinajstić information content (AvgIpc) is 2.38. The zero-order valence-corrected chi connectivity index (χ0v) is 11.4. The SMILES string of the molecule is C=CCN(CC(=O)O)C(=O)C1(COC)CCNCC1. The molecule has 0 aromatic heterocycles. The number of ether oxygens (including phenoxy) is 1. The van der Waals surface area contributed by atoms with Gasteiger partial charge in [0.2, 0.25) is 5.91 Å². The first kappa shape index (κ1) is 15.7. The number of carbonyl (C=O) groups excluding carboxylic acids is 1. The van der Waals surface area contributed by atoms with Crippen molar-refractivity contribution in [3.8, 4) is 0 Å². The van der Waals surface area contributed by atoms with E-state index >= 15 is 0 Å². The topological polar surface area (TPSA) is 78.9 Å². The molecular formula is C13H22N2O4. The number of nitrogens with zero attached hydrogens (tertiary/aromatic N) is 1. The van der Waals surface area contributed by atoms with Crippen LogP contribution in [-0.2, 0) is 14.3 Å². The Bertz CT molecular complexity index is 332. The number of methoxy groups -OCH3 is 1. The molecule has 0 radical (unpaired) electrons. The number of carboxylic acids is 1. The maximum Gasteiger partial charge on any atom is 0.323 e. The summed E-state index contributed by atoms with van der Waals surface area (Å²) in [5.41, 5.74) is -0.613. The second-order valence-electron chi connectivity index (χ2n) is 4.83. The van der Waals surface area contributed by atoms with Crippen molar-refractivity contribution < 1.29 is 19.4 Å². The summed E-state index contributed by atoms with van der Waals surface area (Å²) in [7, 11) is 1.56. The average molecular weight is 270 g/mol. The Hall–Kier alpha value is -1.40. The van der Waals surface area contributed by atoms with E-state index in [1.54, 1.807) is 13.2 Å². The van der Waals surface area contributed by atoms with Crippen molar-refractivity contribution in [2.75, 3.05) is 39.9 Å². The minimum Gasteiger partial charge on any atom is -0.480 e. The lowest BCUT2D eigenvalue weighted by molar-refractivity contribution is -0.153. The standard InChI is InChI=1S/C13H22N2O4/c1-3-8-15(9-11(16)17)12(18)13(10-19-2)4-6-14-7-5-13/h3,14H,1,4-10H2,2H3,(H,16,17). The third-order valence-corrected chi connectivity index (χ3v) is 3.40. The van der Waals surface area contributed by atoms with Gasteiger partial charge >= 0.3 is 5.97 Å². The molecule has 1 aliphatic heterocycles. The van der Waals surface area contributed by atoms with Crippen LogP contribution in [0.2, 0.25) is 0 Å². The Balaban J connectivity index is 2.88. The van der Waals surface area contributed by atoms with Crippen molar-refractivity contribution in [2.45, 2.75) is 12.8 Å². The van der Waals surface area contributed by atoms with Crippen LogP contribution in [0, 0.1) is 5.41 Å². The second-order valence-corrected chi connectivity index (χ2v) is 4.83. The van der Waals surface area contributed by atoms with Gasteiger partial charge in [-0.05, 0) is 25.9 Å². The zero-order chi connectivity index (χ0) is 14.3. The summed E-state index contributed by atoms with van der Waals surface area (Å²) >= 11 is 0. The van der Waals surface area contributed by atoms with E-state index in [4.69, 9.17) is 9.84 Å². The lowest BCUT2D eigenvalue weighted by Crippen LogP contribution is -2.52. The number of nitrogens with one attached hydrogen (secondary N) is 1. The quantitative estimate of drug-likeness (QED) is 0.642. The molecule has 0 aliphatic carbocycles. The number of piperidine rings is 1. The van der Waals surface area contributed by atoms with Gasteiger partial charge in [-0.3, -0.25) is 9.59 Å². The maximum absolute atomic E-state index is 12.6. The zero-order valence-electron chi connectivity index (χ0n) is 11.4. The molecule has 0 bridgehead atoms. The molecule has 0 aromatic rings. The molecule has 1 heterocycles. The molecule has 1 saturated heterocycles. The Morgan fingerprint density at radius 2 is 2.11 bits per heavy atom. The molecule has 0 atom stereocenters. The van der Waals surface area contributed by atoms with Gasteiger partial charge in [0.15, 0.2) is 0 Å². The van der Waals surface area contributed by atoms with Crippen molar-refractivity contribution in [2.24, 2.45) is 5.41 Å². The molecule has 1 rings (SSSR count). The van der Waals surface area contributed by atoms with Crippen LogP contribution in [-0.4, -0.2) is 61.8 Å². The van der Waals surface area contributed by atoms with E-state index < -0.39 is 11.4 Å². The van der Waals surface area contributed by atoms with E-state index in [-0.39, 0.29) is 19.0 Å². The van der Waals surface area contributed by atoms with E-state index in [0.29, 0.717) is 19.4 Å². The molecule has 108 valence electrons. The summed E-state index contributed by atoms with van der Waals surface area (Å²) in [5.74, 6) is -1.17. The van der Waals surface area contributed by atoms with Gasteiger partial charge < -0.3 is 20.1 Å². The summed E-state index contributed by atoms with van der Waals surface area (Å²) in [6, 6.07) is 0. The first-order chi connectivity index (χ1) is 9.05. The van der Waals surface area contributed by atoms with Gasteiger partial charge in [0.1, 0.15) is 6.54 Å². The van der Waals surface area contributed by atoms with Gasteiger partial charge in [-0.15, -0.1) is 6.58 Å². The lowest BCUT2D eigenvalue weighted by atomic mass is 9.78. The first-order valence-electron chi connectivity index (χ1n) is 6.37. The number of hydrogen-bond donors (Lipinski definition) is 2. The summed E-state index contributed by atoms with van der Waals surface area (Å²) in [6.07, 6.45) is 2.86. The Morgan fingerprint density at radius 3 is 2.58 bits per heavy atom.